The summed E-state index contributed by atoms with van der Waals surface area (Å²) in [6.45, 7) is 1.39. The molecule has 171 valence electrons. The Morgan fingerprint density at radius 1 is 1.18 bits per heavy atom. The van der Waals surface area contributed by atoms with Crippen LogP contribution < -0.4 is 15.4 Å². The Morgan fingerprint density at radius 3 is 2.52 bits per heavy atom. The van der Waals surface area contributed by atoms with E-state index in [0.29, 0.717) is 34.2 Å². The van der Waals surface area contributed by atoms with Gasteiger partial charge in [0.2, 0.25) is 12.0 Å². The summed E-state index contributed by atoms with van der Waals surface area (Å²) in [5, 5.41) is 5.21. The SMILES string of the molecule is CC(=O)Nc1cccc(OC(C(=O)Nc2n[c]c(Cl)s2)c2ccc(S(=O)(=O)C3CC3)cc2)c1. The molecule has 1 radical (unpaired) electrons. The molecule has 4 rings (SSSR count). The van der Waals surface area contributed by atoms with Gasteiger partial charge in [-0.25, -0.2) is 13.4 Å². The average molecular weight is 505 g/mol. The van der Waals surface area contributed by atoms with Crippen LogP contribution in [-0.4, -0.2) is 30.5 Å². The van der Waals surface area contributed by atoms with E-state index in [4.69, 9.17) is 16.3 Å². The molecule has 3 aromatic rings. The van der Waals surface area contributed by atoms with E-state index >= 15 is 0 Å². The predicted molar refractivity (Wildman–Crippen MR) is 125 cm³/mol. The summed E-state index contributed by atoms with van der Waals surface area (Å²) in [4.78, 5) is 28.6. The monoisotopic (exact) mass is 504 g/mol. The van der Waals surface area contributed by atoms with Gasteiger partial charge in [-0.2, -0.15) is 0 Å². The van der Waals surface area contributed by atoms with E-state index in [1.807, 2.05) is 0 Å². The van der Waals surface area contributed by atoms with Crippen LogP contribution in [0.15, 0.2) is 53.4 Å². The Balaban J connectivity index is 1.62. The Labute approximate surface area is 199 Å². The van der Waals surface area contributed by atoms with Crippen molar-refractivity contribution in [3.63, 3.8) is 0 Å². The Bertz CT molecular complexity index is 1290. The molecule has 1 aliphatic rings. The lowest BCUT2D eigenvalue weighted by molar-refractivity contribution is -0.123. The number of nitrogens with one attached hydrogen (secondary N) is 2. The number of thiazole rings is 1. The van der Waals surface area contributed by atoms with E-state index in [1.165, 1.54) is 19.1 Å². The van der Waals surface area contributed by atoms with Crippen molar-refractivity contribution in [2.45, 2.75) is 36.0 Å². The van der Waals surface area contributed by atoms with Crippen LogP contribution >= 0.6 is 22.9 Å². The molecule has 1 atom stereocenters. The second-order valence-electron chi connectivity index (χ2n) is 7.41. The van der Waals surface area contributed by atoms with Gasteiger partial charge < -0.3 is 10.1 Å². The average Bonchev–Trinajstić information content (AvgIpc) is 3.55. The number of halogens is 1. The third-order valence-electron chi connectivity index (χ3n) is 4.78. The highest BCUT2D eigenvalue weighted by molar-refractivity contribution is 7.92. The number of anilines is 2. The number of carbonyl (C=O) groups excluding carboxylic acids is 2. The minimum Gasteiger partial charge on any atom is -0.476 e. The Kier molecular flexibility index (Phi) is 6.68. The van der Waals surface area contributed by atoms with Crippen molar-refractivity contribution in [3.05, 3.63) is 64.6 Å². The van der Waals surface area contributed by atoms with Crippen molar-refractivity contribution < 1.29 is 22.7 Å². The van der Waals surface area contributed by atoms with E-state index in [0.717, 1.165) is 11.3 Å². The van der Waals surface area contributed by atoms with Gasteiger partial charge in [0.1, 0.15) is 16.3 Å². The number of ether oxygens (including phenoxy) is 1. The van der Waals surface area contributed by atoms with Crippen LogP contribution in [0.3, 0.4) is 0 Å². The molecule has 0 bridgehead atoms. The lowest BCUT2D eigenvalue weighted by Gasteiger charge is -2.19. The minimum atomic E-state index is -3.36. The molecule has 2 N–H and O–H groups in total. The van der Waals surface area contributed by atoms with Gasteiger partial charge in [-0.15, -0.1) is 0 Å². The lowest BCUT2D eigenvalue weighted by atomic mass is 10.1. The van der Waals surface area contributed by atoms with Gasteiger partial charge in [0.05, 0.1) is 10.1 Å². The summed E-state index contributed by atoms with van der Waals surface area (Å²) in [5.41, 5.74) is 0.949. The number of sulfone groups is 1. The smallest absolute Gasteiger partial charge is 0.271 e. The number of carbonyl (C=O) groups is 2. The number of benzene rings is 2. The second-order valence-corrected chi connectivity index (χ2v) is 11.2. The molecule has 1 aromatic heterocycles. The van der Waals surface area contributed by atoms with Crippen LogP contribution in [0.2, 0.25) is 4.34 Å². The predicted octanol–water partition coefficient (Wildman–Crippen LogP) is 4.25. The first kappa shape index (κ1) is 23.2. The molecule has 0 saturated heterocycles. The van der Waals surface area contributed by atoms with Gasteiger partial charge in [-0.3, -0.25) is 14.9 Å². The number of amides is 2. The highest BCUT2D eigenvalue weighted by Gasteiger charge is 2.37. The fourth-order valence-corrected chi connectivity index (χ4v) is 5.53. The van der Waals surface area contributed by atoms with Gasteiger partial charge in [-0.05, 0) is 37.1 Å². The van der Waals surface area contributed by atoms with Crippen LogP contribution in [-0.2, 0) is 19.4 Å². The van der Waals surface area contributed by atoms with E-state index in [1.54, 1.807) is 36.4 Å². The van der Waals surface area contributed by atoms with E-state index in [9.17, 15) is 18.0 Å². The molecule has 1 unspecified atom stereocenters. The second kappa shape index (κ2) is 9.50. The molecule has 0 spiro atoms. The maximum absolute atomic E-state index is 13.1. The third-order valence-corrected chi connectivity index (χ3v) is 8.03. The zero-order chi connectivity index (χ0) is 23.6. The number of hydrogen-bond acceptors (Lipinski definition) is 7. The van der Waals surface area contributed by atoms with Crippen molar-refractivity contribution >= 4 is 55.4 Å². The maximum Gasteiger partial charge on any atom is 0.271 e. The van der Waals surface area contributed by atoms with Crippen LogP contribution in [0, 0.1) is 6.20 Å². The van der Waals surface area contributed by atoms with Crippen LogP contribution in [0.1, 0.15) is 31.4 Å². The first-order valence-corrected chi connectivity index (χ1v) is 12.7. The molecular weight excluding hydrogens is 486 g/mol. The van der Waals surface area contributed by atoms with Gasteiger partial charge >= 0.3 is 0 Å². The molecule has 1 heterocycles. The van der Waals surface area contributed by atoms with Gasteiger partial charge in [0, 0.05) is 24.2 Å². The van der Waals surface area contributed by atoms with Crippen molar-refractivity contribution in [1.82, 2.24) is 4.98 Å². The van der Waals surface area contributed by atoms with E-state index in [2.05, 4.69) is 21.8 Å². The number of rotatable bonds is 8. The Hall–Kier alpha value is -2.95. The van der Waals surface area contributed by atoms with Crippen molar-refractivity contribution in [2.75, 3.05) is 10.6 Å². The summed E-state index contributed by atoms with van der Waals surface area (Å²) in [6, 6.07) is 12.7. The highest BCUT2D eigenvalue weighted by atomic mass is 35.5. The molecule has 2 aromatic carbocycles. The van der Waals surface area contributed by atoms with E-state index in [-0.39, 0.29) is 21.2 Å². The van der Waals surface area contributed by atoms with Crippen LogP contribution in [0.25, 0.3) is 0 Å². The van der Waals surface area contributed by atoms with E-state index < -0.39 is 21.8 Å². The molecule has 0 aliphatic heterocycles. The summed E-state index contributed by atoms with van der Waals surface area (Å²) in [5.74, 6) is -0.442. The standard InChI is InChI=1S/C22H19ClN3O5S2/c1-13(27)25-15-3-2-4-16(11-15)31-20(21(28)26-22-24-12-19(23)32-22)14-5-7-17(8-6-14)33(29,30)18-9-10-18/h2-8,11,18,20H,9-10H2,1H3,(H,25,27)(H,24,26,28). The lowest BCUT2D eigenvalue weighted by Crippen LogP contribution is -2.25. The van der Waals surface area contributed by atoms with Crippen molar-refractivity contribution in [2.24, 2.45) is 0 Å². The normalized spacial score (nSPS) is 14.4. The summed E-state index contributed by atoms with van der Waals surface area (Å²) in [6.07, 6.45) is 2.74. The largest absolute Gasteiger partial charge is 0.476 e. The van der Waals surface area contributed by atoms with Gasteiger partial charge in [-0.1, -0.05) is 41.1 Å². The molecule has 1 aliphatic carbocycles. The number of aromatic nitrogens is 1. The minimum absolute atomic E-state index is 0.210. The maximum atomic E-state index is 13.1. The zero-order valence-electron chi connectivity index (χ0n) is 17.4. The molecule has 1 saturated carbocycles. The molecular formula is C22H19ClN3O5S2. The zero-order valence-corrected chi connectivity index (χ0v) is 19.8. The molecule has 1 fully saturated rings. The molecule has 11 heteroatoms. The third kappa shape index (κ3) is 5.70. The fraction of sp³-hybridized carbons (Fsp3) is 0.227. The summed E-state index contributed by atoms with van der Waals surface area (Å²) < 4.78 is 31.3. The molecule has 33 heavy (non-hydrogen) atoms. The summed E-state index contributed by atoms with van der Waals surface area (Å²) in [7, 11) is -3.36. The van der Waals surface area contributed by atoms with Crippen molar-refractivity contribution in [1.29, 1.82) is 0 Å². The van der Waals surface area contributed by atoms with Gasteiger partial charge in [0.25, 0.3) is 5.91 Å². The van der Waals surface area contributed by atoms with Crippen molar-refractivity contribution in [3.8, 4) is 5.75 Å². The quantitative estimate of drug-likeness (QED) is 0.474. The fourth-order valence-electron chi connectivity index (χ4n) is 3.11. The van der Waals surface area contributed by atoms with Gasteiger partial charge in [0.15, 0.2) is 15.0 Å². The molecule has 8 nitrogen and oxygen atoms in total. The Morgan fingerprint density at radius 2 is 1.91 bits per heavy atom. The highest BCUT2D eigenvalue weighted by Crippen LogP contribution is 2.34. The topological polar surface area (TPSA) is 114 Å². The van der Waals surface area contributed by atoms with Crippen LogP contribution in [0.5, 0.6) is 5.75 Å². The summed E-state index contributed by atoms with van der Waals surface area (Å²) >= 11 is 6.89. The number of hydrogen-bond donors (Lipinski definition) is 2. The molecule has 2 amide bonds. The first-order valence-electron chi connectivity index (χ1n) is 9.95. The van der Waals surface area contributed by atoms with Crippen LogP contribution in [0.4, 0.5) is 10.8 Å². The number of nitrogens with zero attached hydrogens (tertiary/aromatic N) is 1. The first-order chi connectivity index (χ1) is 15.7.